The van der Waals surface area contributed by atoms with Crippen molar-refractivity contribution in [2.45, 2.75) is 19.6 Å². The second-order valence-electron chi connectivity index (χ2n) is 4.56. The zero-order chi connectivity index (χ0) is 13.0. The third kappa shape index (κ3) is 3.00. The Hall–Kier alpha value is -1.57. The fourth-order valence-electron chi connectivity index (χ4n) is 2.22. The van der Waals surface area contributed by atoms with Gasteiger partial charge in [-0.25, -0.2) is 0 Å². The summed E-state index contributed by atoms with van der Waals surface area (Å²) in [4.78, 5) is 2.36. The summed E-state index contributed by atoms with van der Waals surface area (Å²) in [5.41, 5.74) is 1.75. The zero-order valence-corrected chi connectivity index (χ0v) is 10.8. The van der Waals surface area contributed by atoms with E-state index in [0.29, 0.717) is 17.4 Å². The summed E-state index contributed by atoms with van der Waals surface area (Å²) in [5.74, 6) is 0.649. The average molecular weight is 246 g/mol. The molecule has 1 atom stereocenters. The number of hydrogen-bond acceptors (Lipinski definition) is 4. The summed E-state index contributed by atoms with van der Waals surface area (Å²) in [6.07, 6.45) is 0.291. The standard InChI is InChI=1S/C14H18N2O2/c1-11-9-16(5-6-18-11)10-12-3-4-13(8-15)14(7-12)17-2/h3-4,7,11H,5-6,9-10H2,1-2H3. The zero-order valence-electron chi connectivity index (χ0n) is 10.8. The molecule has 1 aromatic rings. The molecule has 0 N–H and O–H groups in total. The van der Waals surface area contributed by atoms with E-state index in [4.69, 9.17) is 14.7 Å². The number of nitrogens with zero attached hydrogens (tertiary/aromatic N) is 2. The number of methoxy groups -OCH3 is 1. The highest BCUT2D eigenvalue weighted by molar-refractivity contribution is 5.45. The Kier molecular flexibility index (Phi) is 4.19. The Labute approximate surface area is 108 Å². The Bertz CT molecular complexity index is 454. The van der Waals surface area contributed by atoms with Gasteiger partial charge in [-0.2, -0.15) is 5.26 Å². The smallest absolute Gasteiger partial charge is 0.136 e. The number of ether oxygens (including phenoxy) is 2. The summed E-state index contributed by atoms with van der Waals surface area (Å²) in [7, 11) is 1.59. The van der Waals surface area contributed by atoms with Crippen LogP contribution in [0.1, 0.15) is 18.1 Å². The Morgan fingerprint density at radius 3 is 3.06 bits per heavy atom. The van der Waals surface area contributed by atoms with Crippen LogP contribution in [0.25, 0.3) is 0 Å². The predicted molar refractivity (Wildman–Crippen MR) is 68.4 cm³/mol. The van der Waals surface area contributed by atoms with E-state index in [1.54, 1.807) is 7.11 Å². The van der Waals surface area contributed by atoms with Gasteiger partial charge in [-0.15, -0.1) is 0 Å². The maximum atomic E-state index is 8.94. The van der Waals surface area contributed by atoms with Crippen LogP contribution in [-0.2, 0) is 11.3 Å². The van der Waals surface area contributed by atoms with Crippen LogP contribution in [0.3, 0.4) is 0 Å². The van der Waals surface area contributed by atoms with Crippen LogP contribution < -0.4 is 4.74 Å². The third-order valence-corrected chi connectivity index (χ3v) is 3.12. The Morgan fingerprint density at radius 1 is 1.56 bits per heavy atom. The molecule has 0 spiro atoms. The van der Waals surface area contributed by atoms with E-state index in [1.165, 1.54) is 5.56 Å². The first-order valence-corrected chi connectivity index (χ1v) is 6.14. The van der Waals surface area contributed by atoms with Crippen molar-refractivity contribution in [1.82, 2.24) is 4.90 Å². The van der Waals surface area contributed by atoms with Crippen LogP contribution in [0, 0.1) is 11.3 Å². The lowest BCUT2D eigenvalue weighted by atomic mass is 10.1. The van der Waals surface area contributed by atoms with E-state index in [2.05, 4.69) is 17.9 Å². The van der Waals surface area contributed by atoms with Gasteiger partial charge in [0.2, 0.25) is 0 Å². The molecule has 4 nitrogen and oxygen atoms in total. The molecule has 4 heteroatoms. The van der Waals surface area contributed by atoms with E-state index >= 15 is 0 Å². The maximum Gasteiger partial charge on any atom is 0.136 e. The van der Waals surface area contributed by atoms with Gasteiger partial charge in [0, 0.05) is 19.6 Å². The van der Waals surface area contributed by atoms with Crippen LogP contribution in [0.4, 0.5) is 0 Å². The molecule has 0 aliphatic carbocycles. The van der Waals surface area contributed by atoms with Gasteiger partial charge in [0.1, 0.15) is 11.8 Å². The fraction of sp³-hybridized carbons (Fsp3) is 0.500. The minimum absolute atomic E-state index is 0.291. The number of benzene rings is 1. The summed E-state index contributed by atoms with van der Waals surface area (Å²) in [6.45, 7) is 5.64. The van der Waals surface area contributed by atoms with E-state index in [-0.39, 0.29) is 0 Å². The number of rotatable bonds is 3. The molecule has 0 radical (unpaired) electrons. The van der Waals surface area contributed by atoms with Crippen LogP contribution in [-0.4, -0.2) is 37.8 Å². The van der Waals surface area contributed by atoms with E-state index in [9.17, 15) is 0 Å². The van der Waals surface area contributed by atoms with Gasteiger partial charge in [0.15, 0.2) is 0 Å². The van der Waals surface area contributed by atoms with E-state index < -0.39 is 0 Å². The highest BCUT2D eigenvalue weighted by atomic mass is 16.5. The lowest BCUT2D eigenvalue weighted by Crippen LogP contribution is -2.40. The molecular weight excluding hydrogens is 228 g/mol. The number of morpholine rings is 1. The van der Waals surface area contributed by atoms with Crippen LogP contribution >= 0.6 is 0 Å². The molecule has 0 amide bonds. The largest absolute Gasteiger partial charge is 0.495 e. The molecule has 1 aliphatic rings. The summed E-state index contributed by atoms with van der Waals surface area (Å²) in [6, 6.07) is 7.87. The van der Waals surface area contributed by atoms with Gasteiger partial charge in [-0.3, -0.25) is 4.90 Å². The second kappa shape index (κ2) is 5.85. The van der Waals surface area contributed by atoms with Crippen LogP contribution in [0.15, 0.2) is 18.2 Å². The first-order valence-electron chi connectivity index (χ1n) is 6.14. The van der Waals surface area contributed by atoms with Crippen molar-refractivity contribution < 1.29 is 9.47 Å². The van der Waals surface area contributed by atoms with Crippen molar-refractivity contribution in [3.63, 3.8) is 0 Å². The molecule has 1 aliphatic heterocycles. The topological polar surface area (TPSA) is 45.5 Å². The normalized spacial score (nSPS) is 20.4. The van der Waals surface area contributed by atoms with E-state index in [0.717, 1.165) is 26.2 Å². The SMILES string of the molecule is COc1cc(CN2CCOC(C)C2)ccc1C#N. The second-order valence-corrected chi connectivity index (χ2v) is 4.56. The van der Waals surface area contributed by atoms with Crippen molar-refractivity contribution in [1.29, 1.82) is 5.26 Å². The van der Waals surface area contributed by atoms with Gasteiger partial charge in [-0.05, 0) is 24.6 Å². The fourth-order valence-corrected chi connectivity index (χ4v) is 2.22. The molecule has 0 aromatic heterocycles. The van der Waals surface area contributed by atoms with Crippen molar-refractivity contribution in [2.24, 2.45) is 0 Å². The van der Waals surface area contributed by atoms with Crippen molar-refractivity contribution in [2.75, 3.05) is 26.8 Å². The first-order chi connectivity index (χ1) is 8.72. The van der Waals surface area contributed by atoms with Gasteiger partial charge in [0.05, 0.1) is 25.4 Å². The highest BCUT2D eigenvalue weighted by Crippen LogP contribution is 2.20. The molecule has 0 bridgehead atoms. The van der Waals surface area contributed by atoms with Gasteiger partial charge in [-0.1, -0.05) is 6.07 Å². The molecular formula is C14H18N2O2. The molecule has 1 fully saturated rings. The van der Waals surface area contributed by atoms with Crippen molar-refractivity contribution >= 4 is 0 Å². The minimum atomic E-state index is 0.291. The monoisotopic (exact) mass is 246 g/mol. The van der Waals surface area contributed by atoms with Crippen LogP contribution in [0.2, 0.25) is 0 Å². The predicted octanol–water partition coefficient (Wildman–Crippen LogP) is 1.79. The average Bonchev–Trinajstić information content (AvgIpc) is 2.38. The van der Waals surface area contributed by atoms with Gasteiger partial charge >= 0.3 is 0 Å². The molecule has 1 unspecified atom stereocenters. The summed E-state index contributed by atoms with van der Waals surface area (Å²) >= 11 is 0. The highest BCUT2D eigenvalue weighted by Gasteiger charge is 2.17. The first kappa shape index (κ1) is 12.9. The lowest BCUT2D eigenvalue weighted by Gasteiger charge is -2.31. The summed E-state index contributed by atoms with van der Waals surface area (Å²) in [5, 5.41) is 8.94. The van der Waals surface area contributed by atoms with Crippen LogP contribution in [0.5, 0.6) is 5.75 Å². The Morgan fingerprint density at radius 2 is 2.39 bits per heavy atom. The van der Waals surface area contributed by atoms with Gasteiger partial charge < -0.3 is 9.47 Å². The number of hydrogen-bond donors (Lipinski definition) is 0. The van der Waals surface area contributed by atoms with Gasteiger partial charge in [0.25, 0.3) is 0 Å². The third-order valence-electron chi connectivity index (χ3n) is 3.12. The van der Waals surface area contributed by atoms with E-state index in [1.807, 2.05) is 18.2 Å². The molecule has 96 valence electrons. The Balaban J connectivity index is 2.07. The maximum absolute atomic E-state index is 8.94. The van der Waals surface area contributed by atoms with Crippen molar-refractivity contribution in [3.8, 4) is 11.8 Å². The number of nitriles is 1. The lowest BCUT2D eigenvalue weighted by molar-refractivity contribution is -0.0212. The molecule has 1 aromatic carbocycles. The molecule has 1 saturated heterocycles. The minimum Gasteiger partial charge on any atom is -0.495 e. The summed E-state index contributed by atoms with van der Waals surface area (Å²) < 4.78 is 10.7. The quantitative estimate of drug-likeness (QED) is 0.815. The van der Waals surface area contributed by atoms with Crippen molar-refractivity contribution in [3.05, 3.63) is 29.3 Å². The molecule has 2 rings (SSSR count). The molecule has 18 heavy (non-hydrogen) atoms. The molecule has 1 heterocycles. The molecule has 0 saturated carbocycles.